The fraction of sp³-hybridized carbons (Fsp3) is 0.471. The molecule has 0 saturated carbocycles. The largest absolute Gasteiger partial charge is 0.462 e. The van der Waals surface area contributed by atoms with E-state index in [-0.39, 0.29) is 17.8 Å². The second-order valence-electron chi connectivity index (χ2n) is 6.08. The molecule has 128 valence electrons. The van der Waals surface area contributed by atoms with Crippen LogP contribution in [-0.4, -0.2) is 40.8 Å². The highest BCUT2D eigenvalue weighted by molar-refractivity contribution is 7.03. The number of hydrogen-bond donors (Lipinski definition) is 0. The van der Waals surface area contributed by atoms with Crippen molar-refractivity contribution < 1.29 is 18.7 Å². The Bertz CT molecular complexity index is 737. The zero-order valence-electron chi connectivity index (χ0n) is 13.8. The van der Waals surface area contributed by atoms with Crippen LogP contribution in [0, 0.1) is 19.8 Å². The summed E-state index contributed by atoms with van der Waals surface area (Å²) in [6.45, 7) is 5.20. The maximum atomic E-state index is 12.4. The lowest BCUT2D eigenvalue weighted by Gasteiger charge is -2.31. The molecule has 7 heteroatoms. The molecular formula is C17H20N2O4S. The van der Waals surface area contributed by atoms with E-state index in [1.54, 1.807) is 29.3 Å². The van der Waals surface area contributed by atoms with Crippen molar-refractivity contribution in [2.45, 2.75) is 26.7 Å². The number of rotatable bonds is 4. The lowest BCUT2D eigenvalue weighted by Crippen LogP contribution is -2.41. The van der Waals surface area contributed by atoms with Crippen molar-refractivity contribution in [1.82, 2.24) is 9.27 Å². The third-order valence-electron chi connectivity index (χ3n) is 4.18. The van der Waals surface area contributed by atoms with Crippen molar-refractivity contribution in [3.63, 3.8) is 0 Å². The van der Waals surface area contributed by atoms with Gasteiger partial charge in [0, 0.05) is 24.4 Å². The van der Waals surface area contributed by atoms with Gasteiger partial charge in [-0.05, 0) is 50.4 Å². The molecule has 1 aliphatic rings. The molecule has 0 N–H and O–H groups in total. The van der Waals surface area contributed by atoms with Crippen LogP contribution in [0.25, 0.3) is 0 Å². The van der Waals surface area contributed by atoms with Crippen LogP contribution < -0.4 is 0 Å². The van der Waals surface area contributed by atoms with Gasteiger partial charge < -0.3 is 14.1 Å². The molecule has 1 aliphatic heterocycles. The molecule has 2 aromatic rings. The molecule has 1 fully saturated rings. The monoisotopic (exact) mass is 348 g/mol. The normalized spacial score (nSPS) is 17.8. The van der Waals surface area contributed by atoms with Gasteiger partial charge in [0.15, 0.2) is 5.76 Å². The Balaban J connectivity index is 1.55. The molecule has 1 atom stereocenters. The van der Waals surface area contributed by atoms with Gasteiger partial charge in [-0.2, -0.15) is 4.37 Å². The van der Waals surface area contributed by atoms with Crippen molar-refractivity contribution in [2.24, 2.45) is 5.92 Å². The highest BCUT2D eigenvalue weighted by Gasteiger charge is 2.27. The van der Waals surface area contributed by atoms with E-state index in [2.05, 4.69) is 4.37 Å². The Morgan fingerprint density at radius 3 is 2.92 bits per heavy atom. The van der Waals surface area contributed by atoms with Gasteiger partial charge in [0.2, 0.25) is 0 Å². The van der Waals surface area contributed by atoms with E-state index in [0.29, 0.717) is 36.7 Å². The number of likely N-dealkylation sites (tertiary alicyclic amines) is 1. The van der Waals surface area contributed by atoms with E-state index < -0.39 is 0 Å². The molecule has 24 heavy (non-hydrogen) atoms. The number of carbonyl (C=O) groups is 2. The molecule has 0 unspecified atom stereocenters. The van der Waals surface area contributed by atoms with Crippen LogP contribution in [0.1, 0.15) is 45.2 Å². The highest BCUT2D eigenvalue weighted by atomic mass is 32.1. The van der Waals surface area contributed by atoms with Crippen LogP contribution >= 0.6 is 11.5 Å². The van der Waals surface area contributed by atoms with Crippen LogP contribution in [-0.2, 0) is 4.74 Å². The topological polar surface area (TPSA) is 72.6 Å². The molecular weight excluding hydrogens is 328 g/mol. The number of hydrogen-bond acceptors (Lipinski definition) is 6. The van der Waals surface area contributed by atoms with Gasteiger partial charge in [-0.1, -0.05) is 0 Å². The van der Waals surface area contributed by atoms with Crippen LogP contribution in [0.5, 0.6) is 0 Å². The number of piperidine rings is 1. The predicted molar refractivity (Wildman–Crippen MR) is 89.2 cm³/mol. The van der Waals surface area contributed by atoms with E-state index in [1.807, 2.05) is 6.92 Å². The van der Waals surface area contributed by atoms with Crippen molar-refractivity contribution in [2.75, 3.05) is 19.7 Å². The minimum Gasteiger partial charge on any atom is -0.462 e. The lowest BCUT2D eigenvalue weighted by atomic mass is 9.99. The molecule has 0 aliphatic carbocycles. The summed E-state index contributed by atoms with van der Waals surface area (Å²) in [5.41, 5.74) is 1.22. The zero-order valence-corrected chi connectivity index (χ0v) is 14.6. The average molecular weight is 348 g/mol. The fourth-order valence-corrected chi connectivity index (χ4v) is 3.53. The third-order valence-corrected chi connectivity index (χ3v) is 4.90. The zero-order chi connectivity index (χ0) is 17.1. The van der Waals surface area contributed by atoms with Crippen LogP contribution in [0.15, 0.2) is 21.9 Å². The minimum atomic E-state index is -0.341. The summed E-state index contributed by atoms with van der Waals surface area (Å²) in [6.07, 6.45) is 1.84. The first-order valence-corrected chi connectivity index (χ1v) is 8.82. The van der Waals surface area contributed by atoms with Gasteiger partial charge >= 0.3 is 5.97 Å². The molecule has 3 rings (SSSR count). The molecule has 6 nitrogen and oxygen atoms in total. The predicted octanol–water partition coefficient (Wildman–Crippen LogP) is 3.06. The standard InChI is InChI=1S/C17H20N2O4S/c1-11-5-6-15(23-11)16(20)19-7-3-4-13(8-19)9-22-17(21)14-10-24-18-12(14)2/h5-6,10,13H,3-4,7-9H2,1-2H3/t13-/m0/s1. The van der Waals surface area contributed by atoms with Gasteiger partial charge in [0.05, 0.1) is 17.9 Å². The second kappa shape index (κ2) is 7.17. The van der Waals surface area contributed by atoms with Crippen LogP contribution in [0.3, 0.4) is 0 Å². The molecule has 1 amide bonds. The second-order valence-corrected chi connectivity index (χ2v) is 6.71. The van der Waals surface area contributed by atoms with Crippen molar-refractivity contribution in [3.05, 3.63) is 40.3 Å². The summed E-state index contributed by atoms with van der Waals surface area (Å²) in [7, 11) is 0. The smallest absolute Gasteiger partial charge is 0.340 e. The molecule has 1 saturated heterocycles. The Kier molecular flexibility index (Phi) is 4.99. The summed E-state index contributed by atoms with van der Waals surface area (Å²) >= 11 is 1.25. The number of nitrogens with zero attached hydrogens (tertiary/aromatic N) is 2. The first-order valence-electron chi connectivity index (χ1n) is 7.98. The van der Waals surface area contributed by atoms with Crippen molar-refractivity contribution in [3.8, 4) is 0 Å². The highest BCUT2D eigenvalue weighted by Crippen LogP contribution is 2.21. The summed E-state index contributed by atoms with van der Waals surface area (Å²) in [5, 5.41) is 1.70. The van der Waals surface area contributed by atoms with Gasteiger partial charge in [-0.25, -0.2) is 4.79 Å². The molecule has 0 spiro atoms. The van der Waals surface area contributed by atoms with Gasteiger partial charge in [-0.3, -0.25) is 4.79 Å². The summed E-state index contributed by atoms with van der Waals surface area (Å²) in [6, 6.07) is 3.49. The molecule has 3 heterocycles. The van der Waals surface area contributed by atoms with E-state index in [9.17, 15) is 9.59 Å². The van der Waals surface area contributed by atoms with Crippen LogP contribution in [0.2, 0.25) is 0 Å². The van der Waals surface area contributed by atoms with Crippen LogP contribution in [0.4, 0.5) is 0 Å². The van der Waals surface area contributed by atoms with E-state index in [0.717, 1.165) is 18.6 Å². The number of aromatic nitrogens is 1. The number of furan rings is 1. The van der Waals surface area contributed by atoms with Gasteiger partial charge in [-0.15, -0.1) is 0 Å². The minimum absolute atomic E-state index is 0.1000. The van der Waals surface area contributed by atoms with Gasteiger partial charge in [0.1, 0.15) is 5.76 Å². The maximum Gasteiger partial charge on any atom is 0.340 e. The Labute approximate surface area is 144 Å². The Morgan fingerprint density at radius 1 is 1.42 bits per heavy atom. The fourth-order valence-electron chi connectivity index (χ4n) is 2.85. The first-order chi connectivity index (χ1) is 11.5. The van der Waals surface area contributed by atoms with Crippen molar-refractivity contribution >= 4 is 23.4 Å². The lowest BCUT2D eigenvalue weighted by molar-refractivity contribution is 0.0335. The number of carbonyl (C=O) groups excluding carboxylic acids is 2. The van der Waals surface area contributed by atoms with Gasteiger partial charge in [0.25, 0.3) is 5.91 Å². The SMILES string of the molecule is Cc1ccc(C(=O)N2CCC[C@H](COC(=O)c3csnc3C)C2)o1. The Hall–Kier alpha value is -2.15. The number of esters is 1. The molecule has 0 aromatic carbocycles. The van der Waals surface area contributed by atoms with E-state index in [4.69, 9.17) is 9.15 Å². The molecule has 0 radical (unpaired) electrons. The number of ether oxygens (including phenoxy) is 1. The summed E-state index contributed by atoms with van der Waals surface area (Å²) < 4.78 is 14.9. The first kappa shape index (κ1) is 16.7. The number of aryl methyl sites for hydroxylation is 2. The maximum absolute atomic E-state index is 12.4. The average Bonchev–Trinajstić information content (AvgIpc) is 3.20. The molecule has 2 aromatic heterocycles. The quantitative estimate of drug-likeness (QED) is 0.794. The third kappa shape index (κ3) is 3.67. The summed E-state index contributed by atoms with van der Waals surface area (Å²) in [4.78, 5) is 26.3. The number of amides is 1. The van der Waals surface area contributed by atoms with Crippen molar-refractivity contribution in [1.29, 1.82) is 0 Å². The summed E-state index contributed by atoms with van der Waals surface area (Å²) in [5.74, 6) is 0.795. The Morgan fingerprint density at radius 2 is 2.25 bits per heavy atom. The van der Waals surface area contributed by atoms with E-state index in [1.165, 1.54) is 11.5 Å². The van der Waals surface area contributed by atoms with E-state index >= 15 is 0 Å². The molecule has 0 bridgehead atoms.